The molecule has 2 aromatic rings. The number of aromatic hydroxyl groups is 1. The molecule has 2 rings (SSSR count). The molecule has 0 radical (unpaired) electrons. The number of aryl methyl sites for hydroxylation is 1. The summed E-state index contributed by atoms with van der Waals surface area (Å²) in [6, 6.07) is 2.55. The van der Waals surface area contributed by atoms with Crippen molar-refractivity contribution in [2.45, 2.75) is 6.92 Å². The van der Waals surface area contributed by atoms with Gasteiger partial charge in [-0.15, -0.1) is 0 Å². The number of halogens is 2. The lowest BCUT2D eigenvalue weighted by atomic mass is 10.2. The van der Waals surface area contributed by atoms with Crippen LogP contribution in [0.2, 0.25) is 5.02 Å². The number of rotatable bonds is 2. The number of anilines is 1. The van der Waals surface area contributed by atoms with Gasteiger partial charge in [-0.25, -0.2) is 14.1 Å². The number of hydrogen-bond acceptors (Lipinski definition) is 4. The van der Waals surface area contributed by atoms with Gasteiger partial charge < -0.3 is 10.8 Å². The number of benzene rings is 1. The number of imidazole rings is 1. The van der Waals surface area contributed by atoms with Gasteiger partial charge in [-0.1, -0.05) is 11.6 Å². The van der Waals surface area contributed by atoms with E-state index >= 15 is 0 Å². The fourth-order valence-corrected chi connectivity index (χ4v) is 1.56. The molecule has 0 spiro atoms. The van der Waals surface area contributed by atoms with E-state index in [1.54, 1.807) is 13.1 Å². The Bertz CT molecular complexity index is 624. The predicted molar refractivity (Wildman–Crippen MR) is 67.4 cm³/mol. The lowest BCUT2D eigenvalue weighted by Gasteiger charge is -2.02. The van der Waals surface area contributed by atoms with E-state index in [-0.39, 0.29) is 22.3 Å². The van der Waals surface area contributed by atoms with Crippen LogP contribution in [0.3, 0.4) is 0 Å². The average Bonchev–Trinajstić information content (AvgIpc) is 2.63. The molecule has 0 saturated carbocycles. The standard InChI is InChI=1S/C11H10ClFN4O/c1-6-5-17(11(14)16-6)15-4-7-9(18)3-2-8(12)10(7)13/h2-5,18H,1H3,(H2,14,16). The maximum Gasteiger partial charge on any atom is 0.221 e. The smallest absolute Gasteiger partial charge is 0.221 e. The van der Waals surface area contributed by atoms with Crippen molar-refractivity contribution in [2.75, 3.05) is 5.73 Å². The Kier molecular flexibility index (Phi) is 3.20. The van der Waals surface area contributed by atoms with E-state index in [1.807, 2.05) is 0 Å². The molecule has 1 heterocycles. The van der Waals surface area contributed by atoms with E-state index in [0.717, 1.165) is 6.21 Å². The molecule has 0 aliphatic heterocycles. The van der Waals surface area contributed by atoms with Gasteiger partial charge in [0, 0.05) is 0 Å². The van der Waals surface area contributed by atoms with E-state index < -0.39 is 5.82 Å². The molecule has 0 unspecified atom stereocenters. The largest absolute Gasteiger partial charge is 0.507 e. The predicted octanol–water partition coefficient (Wildman–Crippen LogP) is 2.15. The number of nitrogens with two attached hydrogens (primary N) is 1. The van der Waals surface area contributed by atoms with Crippen LogP contribution in [-0.2, 0) is 0 Å². The zero-order valence-electron chi connectivity index (χ0n) is 9.43. The molecular weight excluding hydrogens is 259 g/mol. The summed E-state index contributed by atoms with van der Waals surface area (Å²) < 4.78 is 14.9. The molecule has 0 amide bonds. The summed E-state index contributed by atoms with van der Waals surface area (Å²) in [4.78, 5) is 3.93. The van der Waals surface area contributed by atoms with Crippen LogP contribution in [0.4, 0.5) is 10.3 Å². The number of hydrogen-bond donors (Lipinski definition) is 2. The average molecular weight is 269 g/mol. The van der Waals surface area contributed by atoms with E-state index in [9.17, 15) is 9.50 Å². The van der Waals surface area contributed by atoms with Gasteiger partial charge in [-0.3, -0.25) is 0 Å². The number of phenols is 1. The van der Waals surface area contributed by atoms with Crippen LogP contribution in [0.1, 0.15) is 11.3 Å². The molecule has 0 bridgehead atoms. The quantitative estimate of drug-likeness (QED) is 0.820. The van der Waals surface area contributed by atoms with Crippen molar-refractivity contribution in [1.82, 2.24) is 9.66 Å². The van der Waals surface area contributed by atoms with Gasteiger partial charge in [-0.05, 0) is 19.1 Å². The van der Waals surface area contributed by atoms with E-state index in [0.29, 0.717) is 5.69 Å². The van der Waals surface area contributed by atoms with Crippen molar-refractivity contribution in [3.8, 4) is 5.75 Å². The normalized spacial score (nSPS) is 11.3. The Morgan fingerprint density at radius 1 is 1.56 bits per heavy atom. The number of nitrogen functional groups attached to an aromatic ring is 1. The van der Waals surface area contributed by atoms with Crippen LogP contribution in [0.15, 0.2) is 23.4 Å². The Morgan fingerprint density at radius 3 is 2.89 bits per heavy atom. The van der Waals surface area contributed by atoms with Gasteiger partial charge in [0.05, 0.1) is 28.7 Å². The highest BCUT2D eigenvalue weighted by Gasteiger charge is 2.10. The molecule has 0 fully saturated rings. The van der Waals surface area contributed by atoms with Gasteiger partial charge in [0.1, 0.15) is 5.75 Å². The minimum atomic E-state index is -0.740. The van der Waals surface area contributed by atoms with Gasteiger partial charge in [0.25, 0.3) is 0 Å². The second-order valence-corrected chi connectivity index (χ2v) is 4.03. The third-order valence-electron chi connectivity index (χ3n) is 2.26. The van der Waals surface area contributed by atoms with Crippen molar-refractivity contribution in [1.29, 1.82) is 0 Å². The Morgan fingerprint density at radius 2 is 2.28 bits per heavy atom. The summed E-state index contributed by atoms with van der Waals surface area (Å²) in [6.07, 6.45) is 2.71. The fourth-order valence-electron chi connectivity index (χ4n) is 1.40. The molecule has 3 N–H and O–H groups in total. The summed E-state index contributed by atoms with van der Waals surface area (Å²) in [6.45, 7) is 1.75. The van der Waals surface area contributed by atoms with E-state index in [4.69, 9.17) is 17.3 Å². The molecule has 1 aromatic carbocycles. The summed E-state index contributed by atoms with van der Waals surface area (Å²) in [7, 11) is 0. The topological polar surface area (TPSA) is 76.4 Å². The van der Waals surface area contributed by atoms with Gasteiger partial charge >= 0.3 is 0 Å². The lowest BCUT2D eigenvalue weighted by Crippen LogP contribution is -1.98. The van der Waals surface area contributed by atoms with Crippen LogP contribution in [-0.4, -0.2) is 21.0 Å². The number of phenolic OH excluding ortho intramolecular Hbond substituents is 1. The SMILES string of the molecule is Cc1cn(N=Cc2c(O)ccc(Cl)c2F)c(N)n1. The fraction of sp³-hybridized carbons (Fsp3) is 0.0909. The first-order chi connectivity index (χ1) is 8.49. The van der Waals surface area contributed by atoms with Crippen LogP contribution in [0.5, 0.6) is 5.75 Å². The van der Waals surface area contributed by atoms with Crippen LogP contribution < -0.4 is 5.73 Å². The highest BCUT2D eigenvalue weighted by atomic mass is 35.5. The van der Waals surface area contributed by atoms with E-state index in [1.165, 1.54) is 16.8 Å². The first-order valence-electron chi connectivity index (χ1n) is 5.02. The third kappa shape index (κ3) is 2.28. The molecule has 94 valence electrons. The minimum Gasteiger partial charge on any atom is -0.507 e. The number of aromatic nitrogens is 2. The second-order valence-electron chi connectivity index (χ2n) is 3.62. The third-order valence-corrected chi connectivity index (χ3v) is 2.55. The molecule has 0 aliphatic rings. The highest BCUT2D eigenvalue weighted by Crippen LogP contribution is 2.24. The second kappa shape index (κ2) is 4.66. The van der Waals surface area contributed by atoms with Crippen LogP contribution in [0.25, 0.3) is 0 Å². The Balaban J connectivity index is 2.40. The maximum absolute atomic E-state index is 13.6. The molecule has 7 heteroatoms. The molecule has 1 aromatic heterocycles. The summed E-state index contributed by atoms with van der Waals surface area (Å²) in [5.41, 5.74) is 6.14. The zero-order valence-corrected chi connectivity index (χ0v) is 10.2. The van der Waals surface area contributed by atoms with Crippen molar-refractivity contribution in [3.05, 3.63) is 40.4 Å². The van der Waals surface area contributed by atoms with Gasteiger partial charge in [0.2, 0.25) is 5.95 Å². The first-order valence-corrected chi connectivity index (χ1v) is 5.39. The van der Waals surface area contributed by atoms with Crippen LogP contribution >= 0.6 is 11.6 Å². The molecule has 0 saturated heterocycles. The summed E-state index contributed by atoms with van der Waals surface area (Å²) in [5, 5.41) is 13.3. The lowest BCUT2D eigenvalue weighted by molar-refractivity contribution is 0.468. The minimum absolute atomic E-state index is 0.0935. The van der Waals surface area contributed by atoms with Gasteiger partial charge in [-0.2, -0.15) is 5.10 Å². The molecule has 5 nitrogen and oxygen atoms in total. The van der Waals surface area contributed by atoms with E-state index in [2.05, 4.69) is 10.1 Å². The molecule has 0 aliphatic carbocycles. The van der Waals surface area contributed by atoms with Crippen molar-refractivity contribution in [3.63, 3.8) is 0 Å². The molecule has 18 heavy (non-hydrogen) atoms. The van der Waals surface area contributed by atoms with Crippen LogP contribution in [0, 0.1) is 12.7 Å². The van der Waals surface area contributed by atoms with Crippen molar-refractivity contribution >= 4 is 23.8 Å². The Labute approximate surface area is 107 Å². The van der Waals surface area contributed by atoms with Crippen molar-refractivity contribution < 1.29 is 9.50 Å². The maximum atomic E-state index is 13.6. The molecule has 0 atom stereocenters. The highest BCUT2D eigenvalue weighted by molar-refractivity contribution is 6.31. The van der Waals surface area contributed by atoms with Gasteiger partial charge in [0.15, 0.2) is 5.82 Å². The first kappa shape index (κ1) is 12.4. The molecular formula is C11H10ClFN4O. The number of nitrogens with zero attached hydrogens (tertiary/aromatic N) is 3. The monoisotopic (exact) mass is 268 g/mol. The summed E-state index contributed by atoms with van der Waals surface area (Å²) >= 11 is 5.61. The summed E-state index contributed by atoms with van der Waals surface area (Å²) in [5.74, 6) is -0.822. The van der Waals surface area contributed by atoms with Crippen molar-refractivity contribution in [2.24, 2.45) is 5.10 Å². The Hall–Kier alpha value is -2.08. The zero-order chi connectivity index (χ0) is 13.3.